The maximum absolute atomic E-state index is 9.74. The van der Waals surface area contributed by atoms with Gasteiger partial charge in [0.2, 0.25) is 0 Å². The molecular formula is CH2IO5P. The molecule has 48 valence electrons. The van der Waals surface area contributed by atoms with Crippen LogP contribution in [0.2, 0.25) is 0 Å². The molecule has 0 aromatic heterocycles. The van der Waals surface area contributed by atoms with Crippen molar-refractivity contribution in [2.24, 2.45) is 0 Å². The molecule has 0 radical (unpaired) electrons. The summed E-state index contributed by atoms with van der Waals surface area (Å²) < 4.78 is 37.5. The van der Waals surface area contributed by atoms with Crippen LogP contribution < -0.4 is 30.4 Å². The lowest BCUT2D eigenvalue weighted by atomic mass is 11.7. The number of halogens is 1. The van der Waals surface area contributed by atoms with E-state index in [1.807, 2.05) is 0 Å². The zero-order valence-electron chi connectivity index (χ0n) is 3.57. The first-order valence-corrected chi connectivity index (χ1v) is 6.47. The van der Waals surface area contributed by atoms with Crippen molar-refractivity contribution in [2.75, 3.05) is 6.35 Å². The van der Waals surface area contributed by atoms with Crippen molar-refractivity contribution >= 4 is 8.38 Å². The van der Waals surface area contributed by atoms with E-state index in [-0.39, 0.29) is 6.35 Å². The Kier molecular flexibility index (Phi) is 2.03. The SMILES string of the molecule is [O-][I+3]([O-])([O-])OP1CO1. The summed E-state index contributed by atoms with van der Waals surface area (Å²) in [7, 11) is -1.30. The normalized spacial score (nSPS) is 28.1. The summed E-state index contributed by atoms with van der Waals surface area (Å²) in [4.78, 5) is 0. The van der Waals surface area contributed by atoms with Crippen molar-refractivity contribution in [1.82, 2.24) is 0 Å². The van der Waals surface area contributed by atoms with Gasteiger partial charge in [-0.25, -0.2) is 0 Å². The van der Waals surface area contributed by atoms with Crippen LogP contribution in [0.5, 0.6) is 0 Å². The Morgan fingerprint density at radius 3 is 2.12 bits per heavy atom. The first-order valence-electron chi connectivity index (χ1n) is 1.59. The van der Waals surface area contributed by atoms with Crippen molar-refractivity contribution in [2.45, 2.75) is 0 Å². The highest BCUT2D eigenvalue weighted by molar-refractivity contribution is 7.52. The first-order chi connectivity index (χ1) is 3.58. The van der Waals surface area contributed by atoms with Crippen LogP contribution in [0.3, 0.4) is 0 Å². The predicted molar refractivity (Wildman–Crippen MR) is 14.0 cm³/mol. The van der Waals surface area contributed by atoms with Gasteiger partial charge in [-0.2, -0.15) is 0 Å². The molecule has 0 N–H and O–H groups in total. The fourth-order valence-corrected chi connectivity index (χ4v) is 2.91. The van der Waals surface area contributed by atoms with Crippen LogP contribution in [-0.4, -0.2) is 6.35 Å². The largest absolute Gasteiger partial charge is 0.380 e. The van der Waals surface area contributed by atoms with E-state index in [9.17, 15) is 10.3 Å². The molecule has 0 bridgehead atoms. The molecule has 0 saturated carbocycles. The van der Waals surface area contributed by atoms with Crippen LogP contribution in [0, 0.1) is 0 Å². The maximum atomic E-state index is 9.74. The fraction of sp³-hybridized carbons (Fsp3) is 1.00. The van der Waals surface area contributed by atoms with Crippen molar-refractivity contribution in [3.63, 3.8) is 0 Å². The van der Waals surface area contributed by atoms with Gasteiger partial charge in [0, 0.05) is 0 Å². The third kappa shape index (κ3) is 3.08. The molecule has 1 aliphatic heterocycles. The minimum absolute atomic E-state index is 0.285. The molecular weight excluding hydrogens is 250 g/mol. The standard InChI is InChI=1S/CH2IO5P/c3-2(4,5)7-8-1-6-8/h1H2. The summed E-state index contributed by atoms with van der Waals surface area (Å²) >= 11 is -5.37. The predicted octanol–water partition coefficient (Wildman–Crippen LogP) is -5.80. The van der Waals surface area contributed by atoms with E-state index in [2.05, 4.69) is 7.38 Å². The molecule has 1 atom stereocenters. The Labute approximate surface area is 52.9 Å². The quantitative estimate of drug-likeness (QED) is 0.277. The van der Waals surface area contributed by atoms with Crippen LogP contribution in [0.25, 0.3) is 0 Å². The second kappa shape index (κ2) is 2.30. The molecule has 0 amide bonds. The lowest BCUT2D eigenvalue weighted by molar-refractivity contribution is -1.91. The summed E-state index contributed by atoms with van der Waals surface area (Å²) in [6.45, 7) is 0. The molecule has 0 aromatic rings. The van der Waals surface area contributed by atoms with Crippen LogP contribution in [0.1, 0.15) is 0 Å². The summed E-state index contributed by atoms with van der Waals surface area (Å²) in [6, 6.07) is 0. The van der Waals surface area contributed by atoms with E-state index in [1.165, 1.54) is 0 Å². The number of hydrogen-bond donors (Lipinski definition) is 0. The van der Waals surface area contributed by atoms with Crippen molar-refractivity contribution in [3.05, 3.63) is 0 Å². The zero-order valence-corrected chi connectivity index (χ0v) is 6.63. The highest BCUT2D eigenvalue weighted by Gasteiger charge is 2.44. The van der Waals surface area contributed by atoms with Gasteiger partial charge in [0.25, 0.3) is 0 Å². The molecule has 0 aliphatic carbocycles. The minimum Gasteiger partial charge on any atom is -0.313 e. The summed E-state index contributed by atoms with van der Waals surface area (Å²) in [5.74, 6) is 0. The van der Waals surface area contributed by atoms with Gasteiger partial charge in [0.15, 0.2) is 0 Å². The Bertz CT molecular complexity index is 84.9. The van der Waals surface area contributed by atoms with Gasteiger partial charge in [-0.1, -0.05) is 0 Å². The van der Waals surface area contributed by atoms with Crippen LogP contribution >= 0.6 is 8.38 Å². The van der Waals surface area contributed by atoms with E-state index in [0.29, 0.717) is 0 Å². The molecule has 1 heterocycles. The van der Waals surface area contributed by atoms with Crippen LogP contribution in [0.4, 0.5) is 0 Å². The Hall–Kier alpha value is 0.960. The lowest BCUT2D eigenvalue weighted by Crippen LogP contribution is -4.23. The van der Waals surface area contributed by atoms with Gasteiger partial charge >= 0.3 is 28.5 Å². The second-order valence-corrected chi connectivity index (χ2v) is 5.70. The molecule has 7 heteroatoms. The monoisotopic (exact) mass is 252 g/mol. The second-order valence-electron chi connectivity index (χ2n) is 1.04. The van der Waals surface area contributed by atoms with Crippen molar-refractivity contribution < 1.29 is 37.8 Å². The smallest absolute Gasteiger partial charge is 0.313 e. The Morgan fingerprint density at radius 2 is 2.00 bits per heavy atom. The molecule has 8 heavy (non-hydrogen) atoms. The number of rotatable bonds is 2. The minimum atomic E-state index is -5.37. The molecule has 5 nitrogen and oxygen atoms in total. The first kappa shape index (κ1) is 7.07. The lowest BCUT2D eigenvalue weighted by Gasteiger charge is -2.01. The van der Waals surface area contributed by atoms with Gasteiger partial charge in [-0.3, -0.25) is 10.3 Å². The van der Waals surface area contributed by atoms with E-state index in [4.69, 9.17) is 0 Å². The molecule has 1 rings (SSSR count). The highest BCUT2D eigenvalue weighted by atomic mass is 127. The van der Waals surface area contributed by atoms with Crippen molar-refractivity contribution in [1.29, 1.82) is 0 Å². The third-order valence-corrected chi connectivity index (χ3v) is 3.95. The molecule has 0 spiro atoms. The molecule has 1 saturated heterocycles. The molecule has 0 aromatic carbocycles. The van der Waals surface area contributed by atoms with Crippen LogP contribution in [-0.2, 0) is 7.38 Å². The van der Waals surface area contributed by atoms with E-state index >= 15 is 0 Å². The van der Waals surface area contributed by atoms with Gasteiger partial charge < -0.3 is 4.52 Å². The summed E-state index contributed by atoms with van der Waals surface area (Å²) in [5.41, 5.74) is 0. The molecule has 1 aliphatic rings. The van der Waals surface area contributed by atoms with E-state index in [1.54, 1.807) is 0 Å². The number of hydrogen-bond acceptors (Lipinski definition) is 5. The van der Waals surface area contributed by atoms with Gasteiger partial charge in [0.05, 0.1) is 2.85 Å². The van der Waals surface area contributed by atoms with Gasteiger partial charge in [-0.15, -0.1) is 0 Å². The molecule has 1 fully saturated rings. The average molecular weight is 252 g/mol. The fourth-order valence-electron chi connectivity index (χ4n) is 0.158. The van der Waals surface area contributed by atoms with E-state index in [0.717, 1.165) is 0 Å². The topological polar surface area (TPSA) is 90.9 Å². The molecule has 1 unspecified atom stereocenters. The van der Waals surface area contributed by atoms with Crippen LogP contribution in [0.15, 0.2) is 0 Å². The Balaban J connectivity index is 2.16. The highest BCUT2D eigenvalue weighted by Crippen LogP contribution is 2.51. The third-order valence-electron chi connectivity index (χ3n) is 0.396. The summed E-state index contributed by atoms with van der Waals surface area (Å²) in [6.07, 6.45) is 0.285. The zero-order chi connectivity index (χ0) is 6.20. The summed E-state index contributed by atoms with van der Waals surface area (Å²) in [5, 5.41) is 0. The van der Waals surface area contributed by atoms with Gasteiger partial charge in [-0.05, 0) is 0 Å². The van der Waals surface area contributed by atoms with Crippen molar-refractivity contribution in [3.8, 4) is 0 Å². The average Bonchev–Trinajstić information content (AvgIpc) is 2.12. The van der Waals surface area contributed by atoms with Gasteiger partial charge in [0.1, 0.15) is 6.35 Å². The Morgan fingerprint density at radius 1 is 1.50 bits per heavy atom. The maximum Gasteiger partial charge on any atom is 0.380 e. The van der Waals surface area contributed by atoms with E-state index < -0.39 is 28.5 Å².